The lowest BCUT2D eigenvalue weighted by Crippen LogP contribution is -2.33. The lowest BCUT2D eigenvalue weighted by Gasteiger charge is -2.20. The molecule has 9 nitrogen and oxygen atoms in total. The van der Waals surface area contributed by atoms with E-state index in [1.807, 2.05) is 6.92 Å². The second-order valence-corrected chi connectivity index (χ2v) is 14.3. The first-order valence-electron chi connectivity index (χ1n) is 17.1. The third-order valence-corrected chi connectivity index (χ3v) is 9.60. The van der Waals surface area contributed by atoms with Gasteiger partial charge in [-0.3, -0.25) is 14.3 Å². The zero-order valence-electron chi connectivity index (χ0n) is 28.1. The number of phenolic OH excluding ortho intramolecular Hbond substituents is 1. The molecule has 3 aromatic rings. The second kappa shape index (κ2) is 20.6. The van der Waals surface area contributed by atoms with Crippen molar-refractivity contribution in [3.63, 3.8) is 0 Å². The minimum atomic E-state index is -3.45. The van der Waals surface area contributed by atoms with E-state index in [2.05, 4.69) is 22.3 Å². The summed E-state index contributed by atoms with van der Waals surface area (Å²) in [5, 5.41) is 16.2. The summed E-state index contributed by atoms with van der Waals surface area (Å²) >= 11 is 6.48. The first-order chi connectivity index (χ1) is 23.1. The largest absolute Gasteiger partial charge is 0.506 e. The van der Waals surface area contributed by atoms with Crippen LogP contribution in [0.3, 0.4) is 0 Å². The monoisotopic (exact) mass is 699 g/mol. The molecule has 11 heteroatoms. The molecule has 0 saturated carbocycles. The molecule has 262 valence electrons. The molecule has 0 aromatic heterocycles. The number of halogens is 1. The number of aromatic hydroxyl groups is 1. The Hall–Kier alpha value is -3.76. The Morgan fingerprint density at radius 1 is 0.771 bits per heavy atom. The van der Waals surface area contributed by atoms with Crippen LogP contribution in [0.25, 0.3) is 0 Å². The van der Waals surface area contributed by atoms with Gasteiger partial charge in [-0.2, -0.15) is 0 Å². The molecule has 0 fully saturated rings. The van der Waals surface area contributed by atoms with Crippen molar-refractivity contribution < 1.29 is 27.9 Å². The summed E-state index contributed by atoms with van der Waals surface area (Å²) in [4.78, 5) is 26.1. The lowest BCUT2D eigenvalue weighted by atomic mass is 10.0. The fourth-order valence-corrected chi connectivity index (χ4v) is 6.62. The van der Waals surface area contributed by atoms with Crippen molar-refractivity contribution in [2.75, 3.05) is 21.1 Å². The van der Waals surface area contributed by atoms with Gasteiger partial charge in [0.1, 0.15) is 11.5 Å². The Kier molecular flexibility index (Phi) is 16.6. The molecule has 0 aliphatic carbocycles. The van der Waals surface area contributed by atoms with E-state index in [1.54, 1.807) is 54.6 Å². The van der Waals surface area contributed by atoms with Gasteiger partial charge in [0.15, 0.2) is 6.10 Å². The molecule has 1 atom stereocenters. The van der Waals surface area contributed by atoms with Crippen LogP contribution in [-0.4, -0.2) is 37.2 Å². The van der Waals surface area contributed by atoms with Crippen LogP contribution in [0.1, 0.15) is 108 Å². The van der Waals surface area contributed by atoms with Crippen molar-refractivity contribution in [1.29, 1.82) is 0 Å². The average Bonchev–Trinajstić information content (AvgIpc) is 3.07. The van der Waals surface area contributed by atoms with E-state index in [-0.39, 0.29) is 27.9 Å². The summed E-state index contributed by atoms with van der Waals surface area (Å²) in [6, 6.07) is 17.7. The van der Waals surface area contributed by atoms with Crippen molar-refractivity contribution in [3.8, 4) is 11.5 Å². The van der Waals surface area contributed by atoms with Crippen LogP contribution in [0.2, 0.25) is 5.02 Å². The molecule has 0 aliphatic rings. The molecule has 3 aromatic carbocycles. The molecule has 0 radical (unpaired) electrons. The van der Waals surface area contributed by atoms with Gasteiger partial charge in [-0.1, -0.05) is 108 Å². The van der Waals surface area contributed by atoms with Gasteiger partial charge in [0, 0.05) is 17.3 Å². The lowest BCUT2D eigenvalue weighted by molar-refractivity contribution is -0.123. The summed E-state index contributed by atoms with van der Waals surface area (Å²) < 4.78 is 33.3. The molecule has 1 unspecified atom stereocenters. The smallest absolute Gasteiger partial charge is 0.265 e. The van der Waals surface area contributed by atoms with Crippen LogP contribution < -0.4 is 20.1 Å². The zero-order valence-corrected chi connectivity index (χ0v) is 29.7. The predicted octanol–water partition coefficient (Wildman–Crippen LogP) is 9.54. The van der Waals surface area contributed by atoms with Crippen LogP contribution in [0.15, 0.2) is 66.7 Å². The third kappa shape index (κ3) is 13.8. The van der Waals surface area contributed by atoms with E-state index in [0.29, 0.717) is 29.8 Å². The summed E-state index contributed by atoms with van der Waals surface area (Å²) in [6.45, 7) is 4.15. The maximum atomic E-state index is 13.5. The van der Waals surface area contributed by atoms with Crippen molar-refractivity contribution in [1.82, 2.24) is 0 Å². The number of carbonyl (C=O) groups excluding carboxylic acids is 2. The quantitative estimate of drug-likeness (QED) is 0.0610. The van der Waals surface area contributed by atoms with Gasteiger partial charge < -0.3 is 20.5 Å². The normalized spacial score (nSPS) is 11.9. The van der Waals surface area contributed by atoms with Crippen LogP contribution in [0.5, 0.6) is 11.5 Å². The summed E-state index contributed by atoms with van der Waals surface area (Å²) in [6.07, 6.45) is 12.4. The molecule has 0 bridgehead atoms. The standard InChI is InChI=1S/C37H50ClN3O6S/c1-3-5-7-8-9-10-11-12-13-17-20-35(47-30-23-21-29(22-24-30)41-48(45,46)25-6-4-2)37(44)39-32-27-34(42)33(26-31(32)38)40-36(43)28-18-15-14-16-19-28/h14-16,18-19,21-24,26-27,35,41-42H,3-13,17,20,25H2,1-2H3,(H,39,44)(H,40,43). The maximum Gasteiger partial charge on any atom is 0.265 e. The topological polar surface area (TPSA) is 134 Å². The van der Waals surface area contributed by atoms with Crippen LogP contribution >= 0.6 is 11.6 Å². The molecular weight excluding hydrogens is 650 g/mol. The predicted molar refractivity (Wildman–Crippen MR) is 196 cm³/mol. The summed E-state index contributed by atoms with van der Waals surface area (Å²) in [7, 11) is -3.45. The first-order valence-corrected chi connectivity index (χ1v) is 19.1. The summed E-state index contributed by atoms with van der Waals surface area (Å²) in [5.74, 6) is -0.669. The number of sulfonamides is 1. The molecule has 0 heterocycles. The highest BCUT2D eigenvalue weighted by atomic mass is 35.5. The number of phenols is 1. The van der Waals surface area contributed by atoms with Gasteiger partial charge in [-0.15, -0.1) is 0 Å². The Morgan fingerprint density at radius 3 is 2.00 bits per heavy atom. The van der Waals surface area contributed by atoms with Crippen molar-refractivity contribution >= 4 is 50.5 Å². The zero-order chi connectivity index (χ0) is 34.8. The Bertz CT molecular complexity index is 1530. The van der Waals surface area contributed by atoms with Gasteiger partial charge in [-0.25, -0.2) is 8.42 Å². The number of ether oxygens (including phenoxy) is 1. The molecule has 3 rings (SSSR count). The third-order valence-electron chi connectivity index (χ3n) is 7.91. The molecule has 0 saturated heterocycles. The fraction of sp³-hybridized carbons (Fsp3) is 0.459. The number of benzene rings is 3. The summed E-state index contributed by atoms with van der Waals surface area (Å²) in [5.41, 5.74) is 1.11. The van der Waals surface area contributed by atoms with E-state index >= 15 is 0 Å². The Labute approximate surface area is 290 Å². The number of hydrogen-bond donors (Lipinski definition) is 4. The number of carbonyl (C=O) groups is 2. The minimum absolute atomic E-state index is 0.0430. The van der Waals surface area contributed by atoms with Crippen molar-refractivity contribution in [3.05, 3.63) is 77.3 Å². The van der Waals surface area contributed by atoms with Crippen molar-refractivity contribution in [2.24, 2.45) is 0 Å². The van der Waals surface area contributed by atoms with Gasteiger partial charge in [-0.05, 0) is 61.7 Å². The van der Waals surface area contributed by atoms with Gasteiger partial charge in [0.05, 0.1) is 22.2 Å². The average molecular weight is 700 g/mol. The molecule has 2 amide bonds. The maximum absolute atomic E-state index is 13.5. The molecule has 0 spiro atoms. The highest BCUT2D eigenvalue weighted by Gasteiger charge is 2.23. The SMILES string of the molecule is CCCCCCCCCCCCC(Oc1ccc(NS(=O)(=O)CCCC)cc1)C(=O)Nc1cc(O)c(NC(=O)c2ccccc2)cc1Cl. The van der Waals surface area contributed by atoms with E-state index in [1.165, 1.54) is 50.7 Å². The van der Waals surface area contributed by atoms with E-state index in [4.69, 9.17) is 16.3 Å². The van der Waals surface area contributed by atoms with E-state index in [9.17, 15) is 23.1 Å². The first kappa shape index (κ1) is 38.7. The fourth-order valence-electron chi connectivity index (χ4n) is 5.15. The van der Waals surface area contributed by atoms with Gasteiger partial charge in [0.2, 0.25) is 10.0 Å². The van der Waals surface area contributed by atoms with Gasteiger partial charge in [0.25, 0.3) is 11.8 Å². The number of nitrogens with one attached hydrogen (secondary N) is 3. The van der Waals surface area contributed by atoms with Gasteiger partial charge >= 0.3 is 0 Å². The molecule has 4 N–H and O–H groups in total. The Balaban J connectivity index is 1.65. The van der Waals surface area contributed by atoms with Crippen LogP contribution in [-0.2, 0) is 14.8 Å². The molecular formula is C37H50ClN3O6S. The Morgan fingerprint density at radius 2 is 1.38 bits per heavy atom. The number of amides is 2. The highest BCUT2D eigenvalue weighted by molar-refractivity contribution is 7.92. The van der Waals surface area contributed by atoms with Crippen LogP contribution in [0, 0.1) is 0 Å². The van der Waals surface area contributed by atoms with E-state index < -0.39 is 27.9 Å². The highest BCUT2D eigenvalue weighted by Crippen LogP contribution is 2.34. The van der Waals surface area contributed by atoms with Crippen LogP contribution in [0.4, 0.5) is 17.1 Å². The molecule has 48 heavy (non-hydrogen) atoms. The minimum Gasteiger partial charge on any atom is -0.506 e. The number of anilines is 3. The van der Waals surface area contributed by atoms with E-state index in [0.717, 1.165) is 32.1 Å². The van der Waals surface area contributed by atoms with Crippen molar-refractivity contribution in [2.45, 2.75) is 103 Å². The molecule has 0 aliphatic heterocycles. The number of hydrogen-bond acceptors (Lipinski definition) is 6. The number of unbranched alkanes of at least 4 members (excludes halogenated alkanes) is 10. The second-order valence-electron chi connectivity index (χ2n) is 12.0. The number of rotatable bonds is 22.